The number of carboxylic acid groups (broad SMARTS) is 1. The van der Waals surface area contributed by atoms with E-state index in [0.29, 0.717) is 0 Å². The SMILES string of the molecule is O=C(O)c1nc(I)cc(C(F)(F)F)c1OC(F)(F)F. The monoisotopic (exact) mass is 401 g/mol. The van der Waals surface area contributed by atoms with E-state index in [2.05, 4.69) is 9.72 Å². The topological polar surface area (TPSA) is 59.4 Å². The van der Waals surface area contributed by atoms with E-state index in [1.54, 1.807) is 0 Å². The van der Waals surface area contributed by atoms with Crippen LogP contribution in [0.5, 0.6) is 5.75 Å². The molecule has 1 N–H and O–H groups in total. The summed E-state index contributed by atoms with van der Waals surface area (Å²) in [7, 11) is 0. The average Bonchev–Trinajstić information content (AvgIpc) is 2.16. The Hall–Kier alpha value is -1.27. The molecule has 0 aliphatic heterocycles. The largest absolute Gasteiger partial charge is 0.573 e. The van der Waals surface area contributed by atoms with Gasteiger partial charge in [0.2, 0.25) is 0 Å². The van der Waals surface area contributed by atoms with Gasteiger partial charge in [0.25, 0.3) is 0 Å². The number of aromatic carboxylic acids is 1. The molecular weight excluding hydrogens is 399 g/mol. The third-order valence-electron chi connectivity index (χ3n) is 1.67. The molecule has 0 saturated heterocycles. The van der Waals surface area contributed by atoms with Crippen LogP contribution in [-0.2, 0) is 6.18 Å². The Labute approximate surface area is 114 Å². The van der Waals surface area contributed by atoms with Crippen molar-refractivity contribution in [3.05, 3.63) is 21.0 Å². The first-order valence-corrected chi connectivity index (χ1v) is 5.26. The number of alkyl halides is 6. The third kappa shape index (κ3) is 4.11. The first kappa shape index (κ1) is 15.8. The number of pyridine rings is 1. The molecule has 1 rings (SSSR count). The first-order chi connectivity index (χ1) is 8.42. The minimum atomic E-state index is -5.47. The minimum Gasteiger partial charge on any atom is -0.476 e. The van der Waals surface area contributed by atoms with Crippen molar-refractivity contribution in [3.8, 4) is 5.75 Å². The highest BCUT2D eigenvalue weighted by molar-refractivity contribution is 14.1. The minimum absolute atomic E-state index is 0.258. The van der Waals surface area contributed by atoms with Gasteiger partial charge in [-0.3, -0.25) is 0 Å². The molecular formula is C8H2F6INO3. The highest BCUT2D eigenvalue weighted by atomic mass is 127. The average molecular weight is 401 g/mol. The van der Waals surface area contributed by atoms with E-state index in [-0.39, 0.29) is 6.07 Å². The number of halogens is 7. The molecule has 0 unspecified atom stereocenters. The van der Waals surface area contributed by atoms with E-state index in [4.69, 9.17) is 5.11 Å². The normalized spacial score (nSPS) is 12.4. The highest BCUT2D eigenvalue weighted by Crippen LogP contribution is 2.40. The second-order valence-corrected chi connectivity index (χ2v) is 4.13. The van der Waals surface area contributed by atoms with Crippen molar-refractivity contribution in [2.45, 2.75) is 12.5 Å². The molecule has 0 amide bonds. The summed E-state index contributed by atoms with van der Waals surface area (Å²) in [5.74, 6) is -3.95. The van der Waals surface area contributed by atoms with Crippen molar-refractivity contribution in [2.24, 2.45) is 0 Å². The first-order valence-electron chi connectivity index (χ1n) is 4.18. The molecule has 0 atom stereocenters. The Kier molecular flexibility index (Phi) is 4.17. The number of ether oxygens (including phenoxy) is 1. The Balaban J connectivity index is 3.57. The fourth-order valence-electron chi connectivity index (χ4n) is 1.08. The molecule has 0 aliphatic carbocycles. The van der Waals surface area contributed by atoms with Crippen LogP contribution in [0.15, 0.2) is 6.07 Å². The molecule has 11 heteroatoms. The van der Waals surface area contributed by atoms with Gasteiger partial charge in [0.15, 0.2) is 11.4 Å². The molecule has 0 saturated carbocycles. The van der Waals surface area contributed by atoms with Crippen LogP contribution in [-0.4, -0.2) is 22.4 Å². The lowest BCUT2D eigenvalue weighted by atomic mass is 10.2. The summed E-state index contributed by atoms with van der Waals surface area (Å²) in [5.41, 5.74) is -3.32. The van der Waals surface area contributed by atoms with Gasteiger partial charge in [0, 0.05) is 0 Å². The van der Waals surface area contributed by atoms with Crippen molar-refractivity contribution in [1.82, 2.24) is 4.98 Å². The van der Waals surface area contributed by atoms with Crippen LogP contribution >= 0.6 is 22.6 Å². The Bertz CT molecular complexity index is 512. The number of aromatic nitrogens is 1. The van der Waals surface area contributed by atoms with Crippen LogP contribution < -0.4 is 4.74 Å². The maximum atomic E-state index is 12.6. The van der Waals surface area contributed by atoms with Crippen LogP contribution in [0.1, 0.15) is 16.1 Å². The molecule has 0 fully saturated rings. The number of nitrogens with zero attached hydrogens (tertiary/aromatic N) is 1. The molecule has 1 aromatic heterocycles. The number of hydrogen-bond donors (Lipinski definition) is 1. The van der Waals surface area contributed by atoms with Gasteiger partial charge >= 0.3 is 18.5 Å². The summed E-state index contributed by atoms with van der Waals surface area (Å²) in [6.45, 7) is 0. The number of rotatable bonds is 2. The maximum absolute atomic E-state index is 12.6. The zero-order chi connectivity index (χ0) is 15.0. The summed E-state index contributed by atoms with van der Waals surface area (Å²) in [5, 5.41) is 8.60. The van der Waals surface area contributed by atoms with Gasteiger partial charge in [-0.15, -0.1) is 13.2 Å². The second kappa shape index (κ2) is 5.02. The predicted molar refractivity (Wildman–Crippen MR) is 55.6 cm³/mol. The molecule has 19 heavy (non-hydrogen) atoms. The molecule has 0 aromatic carbocycles. The molecule has 0 aliphatic rings. The van der Waals surface area contributed by atoms with Gasteiger partial charge in [-0.05, 0) is 28.7 Å². The fourth-order valence-corrected chi connectivity index (χ4v) is 1.63. The van der Waals surface area contributed by atoms with E-state index in [1.807, 2.05) is 0 Å². The molecule has 0 radical (unpaired) electrons. The molecule has 0 spiro atoms. The van der Waals surface area contributed by atoms with Gasteiger partial charge < -0.3 is 9.84 Å². The van der Waals surface area contributed by atoms with Crippen LogP contribution in [0.2, 0.25) is 0 Å². The summed E-state index contributed by atoms with van der Waals surface area (Å²) in [6, 6.07) is 0.258. The maximum Gasteiger partial charge on any atom is 0.573 e. The predicted octanol–water partition coefficient (Wildman–Crippen LogP) is 3.30. The van der Waals surface area contributed by atoms with Gasteiger partial charge in [-0.2, -0.15) is 13.2 Å². The summed E-state index contributed by atoms with van der Waals surface area (Å²) >= 11 is 1.25. The van der Waals surface area contributed by atoms with Crippen LogP contribution in [0.4, 0.5) is 26.3 Å². The fraction of sp³-hybridized carbons (Fsp3) is 0.250. The van der Waals surface area contributed by atoms with E-state index >= 15 is 0 Å². The van der Waals surface area contributed by atoms with E-state index in [0.717, 1.165) is 0 Å². The molecule has 0 bridgehead atoms. The molecule has 4 nitrogen and oxygen atoms in total. The van der Waals surface area contributed by atoms with Gasteiger partial charge in [-0.1, -0.05) is 0 Å². The highest BCUT2D eigenvalue weighted by Gasteiger charge is 2.42. The quantitative estimate of drug-likeness (QED) is 0.470. The summed E-state index contributed by atoms with van der Waals surface area (Å²) < 4.78 is 76.6. The van der Waals surface area contributed by atoms with Gasteiger partial charge in [-0.25, -0.2) is 9.78 Å². The van der Waals surface area contributed by atoms with Crippen molar-refractivity contribution in [3.63, 3.8) is 0 Å². The van der Waals surface area contributed by atoms with Crippen molar-refractivity contribution in [2.75, 3.05) is 0 Å². The van der Waals surface area contributed by atoms with E-state index in [9.17, 15) is 31.1 Å². The lowest BCUT2D eigenvalue weighted by Crippen LogP contribution is -2.23. The third-order valence-corrected chi connectivity index (χ3v) is 2.22. The van der Waals surface area contributed by atoms with Gasteiger partial charge in [0.05, 0.1) is 0 Å². The Morgan fingerprint density at radius 2 is 1.79 bits per heavy atom. The standard InChI is InChI=1S/C8H2F6INO3/c9-7(10,11)2-1-3(15)16-4(6(17)18)5(2)19-8(12,13)14/h1H,(H,17,18). The van der Waals surface area contributed by atoms with Crippen LogP contribution in [0.25, 0.3) is 0 Å². The number of hydrogen-bond acceptors (Lipinski definition) is 3. The lowest BCUT2D eigenvalue weighted by molar-refractivity contribution is -0.276. The Morgan fingerprint density at radius 3 is 2.16 bits per heavy atom. The zero-order valence-corrected chi connectivity index (χ0v) is 10.6. The molecule has 1 heterocycles. The second-order valence-electron chi connectivity index (χ2n) is 3.02. The van der Waals surface area contributed by atoms with Crippen molar-refractivity contribution < 1.29 is 41.0 Å². The number of carboxylic acids is 1. The summed E-state index contributed by atoms with van der Waals surface area (Å²) in [6.07, 6.45) is -10.7. The van der Waals surface area contributed by atoms with E-state index < -0.39 is 39.2 Å². The van der Waals surface area contributed by atoms with Gasteiger partial charge in [0.1, 0.15) is 9.26 Å². The number of carbonyl (C=O) groups is 1. The molecule has 1 aromatic rings. The van der Waals surface area contributed by atoms with Crippen molar-refractivity contribution in [1.29, 1.82) is 0 Å². The Morgan fingerprint density at radius 1 is 1.26 bits per heavy atom. The molecule has 106 valence electrons. The summed E-state index contributed by atoms with van der Waals surface area (Å²) in [4.78, 5) is 13.8. The van der Waals surface area contributed by atoms with E-state index in [1.165, 1.54) is 22.6 Å². The zero-order valence-electron chi connectivity index (χ0n) is 8.43. The van der Waals surface area contributed by atoms with Crippen LogP contribution in [0.3, 0.4) is 0 Å². The smallest absolute Gasteiger partial charge is 0.476 e. The van der Waals surface area contributed by atoms with Crippen molar-refractivity contribution >= 4 is 28.6 Å². The van der Waals surface area contributed by atoms with Crippen LogP contribution in [0, 0.1) is 3.70 Å². The lowest BCUT2D eigenvalue weighted by Gasteiger charge is -2.16.